The molecule has 4 rings (SSSR count). The highest BCUT2D eigenvalue weighted by molar-refractivity contribution is 6.30. The molecule has 0 N–H and O–H groups in total. The molecule has 0 radical (unpaired) electrons. The van der Waals surface area contributed by atoms with Gasteiger partial charge >= 0.3 is 5.69 Å². The van der Waals surface area contributed by atoms with Crippen molar-refractivity contribution in [3.63, 3.8) is 0 Å². The van der Waals surface area contributed by atoms with Gasteiger partial charge in [0, 0.05) is 17.1 Å². The number of rotatable bonds is 6. The lowest BCUT2D eigenvalue weighted by atomic mass is 10.1. The molecule has 0 aliphatic rings. The summed E-state index contributed by atoms with van der Waals surface area (Å²) in [7, 11) is 0. The summed E-state index contributed by atoms with van der Waals surface area (Å²) in [5, 5.41) is 0.391. The first-order valence-corrected chi connectivity index (χ1v) is 10.5. The molecule has 0 amide bonds. The molecule has 4 aromatic rings. The zero-order valence-corrected chi connectivity index (χ0v) is 18.5. The zero-order valence-electron chi connectivity index (χ0n) is 17.8. The van der Waals surface area contributed by atoms with Crippen molar-refractivity contribution >= 4 is 28.5 Å². The maximum absolute atomic E-state index is 13.6. The highest BCUT2D eigenvalue weighted by Gasteiger charge is 2.21. The lowest BCUT2D eigenvalue weighted by molar-refractivity contribution is 0.0972. The molecular formula is C23H19ClF2N4O3. The van der Waals surface area contributed by atoms with Gasteiger partial charge in [0.15, 0.2) is 28.6 Å². The van der Waals surface area contributed by atoms with E-state index in [9.17, 15) is 23.2 Å². The zero-order chi connectivity index (χ0) is 23.9. The third-order valence-electron chi connectivity index (χ3n) is 5.07. The Kier molecular flexibility index (Phi) is 5.99. The summed E-state index contributed by atoms with van der Waals surface area (Å²) in [4.78, 5) is 43.5. The van der Waals surface area contributed by atoms with Gasteiger partial charge in [-0.15, -0.1) is 0 Å². The van der Waals surface area contributed by atoms with E-state index in [-0.39, 0.29) is 35.7 Å². The number of halogens is 3. The second-order valence-corrected chi connectivity index (χ2v) is 8.44. The minimum Gasteiger partial charge on any atom is -0.317 e. The monoisotopic (exact) mass is 472 g/mol. The second kappa shape index (κ2) is 8.74. The number of Topliss-reactive ketones (excluding diaryl/α,β-unsaturated/α-hetero) is 1. The van der Waals surface area contributed by atoms with Crippen LogP contribution in [0.25, 0.3) is 16.9 Å². The van der Waals surface area contributed by atoms with Crippen LogP contribution in [0.5, 0.6) is 0 Å². The number of carbonyl (C=O) groups excluding carboxylic acids is 1. The first kappa shape index (κ1) is 22.6. The Hall–Kier alpha value is -3.59. The molecule has 0 bridgehead atoms. The molecule has 2 aromatic carbocycles. The van der Waals surface area contributed by atoms with E-state index in [0.717, 1.165) is 16.7 Å². The number of aromatic nitrogens is 4. The molecule has 170 valence electrons. The molecule has 7 nitrogen and oxygen atoms in total. The molecule has 2 heterocycles. The first-order chi connectivity index (χ1) is 15.7. The summed E-state index contributed by atoms with van der Waals surface area (Å²) in [5.41, 5.74) is -0.733. The molecule has 0 atom stereocenters. The molecule has 2 aromatic heterocycles. The quantitative estimate of drug-likeness (QED) is 0.400. The Morgan fingerprint density at radius 3 is 2.52 bits per heavy atom. The normalized spacial score (nSPS) is 11.5. The van der Waals surface area contributed by atoms with Crippen LogP contribution in [0.3, 0.4) is 0 Å². The Morgan fingerprint density at radius 2 is 1.85 bits per heavy atom. The average Bonchev–Trinajstić information content (AvgIpc) is 3.16. The van der Waals surface area contributed by atoms with Crippen LogP contribution in [-0.2, 0) is 13.1 Å². The van der Waals surface area contributed by atoms with Crippen LogP contribution in [0.4, 0.5) is 8.78 Å². The van der Waals surface area contributed by atoms with Crippen LogP contribution in [0.1, 0.15) is 24.2 Å². The van der Waals surface area contributed by atoms with Crippen molar-refractivity contribution in [3.05, 3.63) is 91.9 Å². The van der Waals surface area contributed by atoms with Crippen molar-refractivity contribution < 1.29 is 13.6 Å². The van der Waals surface area contributed by atoms with Crippen molar-refractivity contribution in [2.24, 2.45) is 5.92 Å². The standard InChI is InChI=1S/C23H19ClF2N4O3/c1-13(2)10-29-22(32)20-21(30(23(29)33)16-5-3-4-15(24)9-16)27-12-28(20)11-19(31)14-6-7-17(25)18(26)8-14/h3-9,12-13H,10-11H2,1-2H3. The maximum Gasteiger partial charge on any atom is 0.337 e. The molecule has 0 unspecified atom stereocenters. The fourth-order valence-corrected chi connectivity index (χ4v) is 3.77. The molecule has 0 spiro atoms. The highest BCUT2D eigenvalue weighted by atomic mass is 35.5. The SMILES string of the molecule is CC(C)Cn1c(=O)c2c(ncn2CC(=O)c2ccc(F)c(F)c2)n(-c2cccc(Cl)c2)c1=O. The van der Waals surface area contributed by atoms with E-state index in [0.29, 0.717) is 10.7 Å². The summed E-state index contributed by atoms with van der Waals surface area (Å²) in [5.74, 6) is -2.78. The molecule has 0 aliphatic heterocycles. The summed E-state index contributed by atoms with van der Waals surface area (Å²) < 4.78 is 30.5. The Labute approximate surface area is 191 Å². The van der Waals surface area contributed by atoms with Gasteiger partial charge in [0.05, 0.1) is 18.6 Å². The van der Waals surface area contributed by atoms with Crippen molar-refractivity contribution in [1.29, 1.82) is 0 Å². The van der Waals surface area contributed by atoms with Gasteiger partial charge in [-0.3, -0.25) is 14.2 Å². The lowest BCUT2D eigenvalue weighted by Crippen LogP contribution is -2.41. The van der Waals surface area contributed by atoms with Crippen LogP contribution in [-0.4, -0.2) is 24.5 Å². The van der Waals surface area contributed by atoms with Crippen LogP contribution in [0.2, 0.25) is 5.02 Å². The smallest absolute Gasteiger partial charge is 0.317 e. The fraction of sp³-hybridized carbons (Fsp3) is 0.217. The van der Waals surface area contributed by atoms with E-state index in [1.54, 1.807) is 24.3 Å². The average molecular weight is 473 g/mol. The maximum atomic E-state index is 13.6. The van der Waals surface area contributed by atoms with E-state index in [1.807, 2.05) is 13.8 Å². The van der Waals surface area contributed by atoms with Gasteiger partial charge in [0.1, 0.15) is 0 Å². The van der Waals surface area contributed by atoms with E-state index in [4.69, 9.17) is 11.6 Å². The summed E-state index contributed by atoms with van der Waals surface area (Å²) in [6, 6.07) is 9.37. The predicted molar refractivity (Wildman–Crippen MR) is 120 cm³/mol. The highest BCUT2D eigenvalue weighted by Crippen LogP contribution is 2.18. The van der Waals surface area contributed by atoms with Gasteiger partial charge in [-0.25, -0.2) is 23.1 Å². The van der Waals surface area contributed by atoms with Gasteiger partial charge in [-0.1, -0.05) is 31.5 Å². The Balaban J connectivity index is 1.92. The minimum absolute atomic E-state index is 0.0131. The second-order valence-electron chi connectivity index (χ2n) is 8.00. The summed E-state index contributed by atoms with van der Waals surface area (Å²) in [6.45, 7) is 3.52. The number of benzene rings is 2. The van der Waals surface area contributed by atoms with Crippen LogP contribution in [0, 0.1) is 17.6 Å². The molecule has 10 heteroatoms. The number of ketones is 1. The third-order valence-corrected chi connectivity index (χ3v) is 5.30. The largest absolute Gasteiger partial charge is 0.337 e. The number of hydrogen-bond acceptors (Lipinski definition) is 4. The molecule has 33 heavy (non-hydrogen) atoms. The number of fused-ring (bicyclic) bond motifs is 1. The van der Waals surface area contributed by atoms with E-state index >= 15 is 0 Å². The van der Waals surface area contributed by atoms with Crippen molar-refractivity contribution in [2.45, 2.75) is 26.9 Å². The van der Waals surface area contributed by atoms with Gasteiger partial charge in [0.2, 0.25) is 0 Å². The predicted octanol–water partition coefficient (Wildman–Crippen LogP) is 3.82. The van der Waals surface area contributed by atoms with Crippen molar-refractivity contribution in [3.8, 4) is 5.69 Å². The number of carbonyl (C=O) groups is 1. The van der Waals surface area contributed by atoms with Gasteiger partial charge < -0.3 is 4.57 Å². The molecule has 0 saturated carbocycles. The third kappa shape index (κ3) is 4.23. The van der Waals surface area contributed by atoms with Crippen molar-refractivity contribution in [1.82, 2.24) is 18.7 Å². The molecule has 0 aliphatic carbocycles. The fourth-order valence-electron chi connectivity index (χ4n) is 3.59. The van der Waals surface area contributed by atoms with Gasteiger partial charge in [-0.2, -0.15) is 0 Å². The van der Waals surface area contributed by atoms with Gasteiger partial charge in [-0.05, 0) is 42.3 Å². The Morgan fingerprint density at radius 1 is 1.09 bits per heavy atom. The van der Waals surface area contributed by atoms with E-state index in [1.165, 1.54) is 21.5 Å². The topological polar surface area (TPSA) is 78.9 Å². The number of hydrogen-bond donors (Lipinski definition) is 0. The number of imidazole rings is 1. The first-order valence-electron chi connectivity index (χ1n) is 10.1. The van der Waals surface area contributed by atoms with E-state index in [2.05, 4.69) is 4.98 Å². The number of nitrogens with zero attached hydrogens (tertiary/aromatic N) is 4. The van der Waals surface area contributed by atoms with E-state index < -0.39 is 28.7 Å². The lowest BCUT2D eigenvalue weighted by Gasteiger charge is -2.14. The van der Waals surface area contributed by atoms with Crippen LogP contribution >= 0.6 is 11.6 Å². The molecule has 0 fully saturated rings. The van der Waals surface area contributed by atoms with Crippen LogP contribution < -0.4 is 11.2 Å². The minimum atomic E-state index is -1.15. The summed E-state index contributed by atoms with van der Waals surface area (Å²) >= 11 is 6.11. The van der Waals surface area contributed by atoms with Crippen LogP contribution in [0.15, 0.2) is 58.4 Å². The van der Waals surface area contributed by atoms with Gasteiger partial charge in [0.25, 0.3) is 5.56 Å². The Bertz CT molecular complexity index is 1500. The molecular weight excluding hydrogens is 454 g/mol. The molecule has 0 saturated heterocycles. The summed E-state index contributed by atoms with van der Waals surface area (Å²) in [6.07, 6.45) is 1.27. The van der Waals surface area contributed by atoms with Crippen molar-refractivity contribution in [2.75, 3.05) is 0 Å².